The third kappa shape index (κ3) is 3.33. The van der Waals surface area contributed by atoms with E-state index in [0.29, 0.717) is 33.0 Å². The minimum absolute atomic E-state index is 0.273. The van der Waals surface area contributed by atoms with E-state index in [9.17, 15) is 14.7 Å². The van der Waals surface area contributed by atoms with Crippen LogP contribution in [0.25, 0.3) is 5.57 Å². The predicted octanol–water partition coefficient (Wildman–Crippen LogP) is 4.48. The number of aromatic nitrogens is 1. The molecule has 1 atom stereocenters. The number of carbonyl (C=O) groups is 2. The summed E-state index contributed by atoms with van der Waals surface area (Å²) in [4.78, 5) is 26.2. The molecule has 0 saturated heterocycles. The van der Waals surface area contributed by atoms with Crippen molar-refractivity contribution in [3.63, 3.8) is 0 Å². The van der Waals surface area contributed by atoms with Crippen LogP contribution in [0.4, 0.5) is 5.82 Å². The van der Waals surface area contributed by atoms with Gasteiger partial charge in [-0.3, -0.25) is 9.69 Å². The molecule has 1 N–H and O–H groups in total. The van der Waals surface area contributed by atoms with Crippen LogP contribution < -0.4 is 4.90 Å². The minimum Gasteiger partial charge on any atom is -0.503 e. The molecular formula is C22H17ClN2O5. The zero-order chi connectivity index (χ0) is 21.4. The Balaban J connectivity index is 1.86. The second-order valence-corrected chi connectivity index (χ2v) is 7.19. The number of hydrogen-bond donors (Lipinski definition) is 1. The zero-order valence-electron chi connectivity index (χ0n) is 16.1. The fourth-order valence-electron chi connectivity index (χ4n) is 3.47. The number of aliphatic hydroxyl groups excluding tert-OH is 1. The summed E-state index contributed by atoms with van der Waals surface area (Å²) in [6.07, 6.45) is 0. The molecule has 8 heteroatoms. The van der Waals surface area contributed by atoms with Crippen molar-refractivity contribution in [3.05, 3.63) is 87.8 Å². The molecule has 1 unspecified atom stereocenters. The van der Waals surface area contributed by atoms with E-state index in [4.69, 9.17) is 20.9 Å². The number of methoxy groups -OCH3 is 1. The molecule has 0 saturated carbocycles. The highest BCUT2D eigenvalue weighted by atomic mass is 35.5. The molecule has 4 rings (SSSR count). The van der Waals surface area contributed by atoms with E-state index in [1.807, 2.05) is 0 Å². The monoisotopic (exact) mass is 424 g/mol. The van der Waals surface area contributed by atoms with Crippen molar-refractivity contribution in [2.24, 2.45) is 0 Å². The Labute approximate surface area is 177 Å². The zero-order valence-corrected chi connectivity index (χ0v) is 16.9. The van der Waals surface area contributed by atoms with Gasteiger partial charge in [0, 0.05) is 16.7 Å². The van der Waals surface area contributed by atoms with Gasteiger partial charge in [0.25, 0.3) is 5.91 Å². The number of benzene rings is 2. The molecule has 0 bridgehead atoms. The summed E-state index contributed by atoms with van der Waals surface area (Å²) < 4.78 is 9.89. The predicted molar refractivity (Wildman–Crippen MR) is 110 cm³/mol. The molecule has 1 aliphatic rings. The second-order valence-electron chi connectivity index (χ2n) is 6.76. The summed E-state index contributed by atoms with van der Waals surface area (Å²) in [5, 5.41) is 15.2. The van der Waals surface area contributed by atoms with Gasteiger partial charge in [0.05, 0.1) is 18.7 Å². The van der Waals surface area contributed by atoms with Crippen LogP contribution in [0.5, 0.6) is 0 Å². The average Bonchev–Trinajstić information content (AvgIpc) is 3.29. The standard InChI is InChI=1S/C22H17ClN2O5/c1-12-11-17(24-30-12)25-19(14-3-5-15(6-4-14)22(28)29-2)18(20(26)21(25)27)13-7-9-16(23)10-8-13/h3-11,19,26H,1-2H3. The maximum absolute atomic E-state index is 13.0. The van der Waals surface area contributed by atoms with Gasteiger partial charge in [0.2, 0.25) is 0 Å². The van der Waals surface area contributed by atoms with E-state index in [0.717, 1.165) is 0 Å². The summed E-state index contributed by atoms with van der Waals surface area (Å²) >= 11 is 6.00. The van der Waals surface area contributed by atoms with Crippen LogP contribution in [0.15, 0.2) is 64.9 Å². The summed E-state index contributed by atoms with van der Waals surface area (Å²) in [5.74, 6) is -0.660. The number of amides is 1. The Bertz CT molecular complexity index is 1150. The van der Waals surface area contributed by atoms with Crippen molar-refractivity contribution < 1.29 is 24.0 Å². The van der Waals surface area contributed by atoms with Crippen molar-refractivity contribution >= 4 is 34.9 Å². The lowest BCUT2D eigenvalue weighted by molar-refractivity contribution is -0.117. The van der Waals surface area contributed by atoms with E-state index in [2.05, 4.69) is 5.16 Å². The molecule has 1 aromatic heterocycles. The first-order valence-electron chi connectivity index (χ1n) is 9.05. The van der Waals surface area contributed by atoms with E-state index in [-0.39, 0.29) is 11.6 Å². The number of halogens is 1. The van der Waals surface area contributed by atoms with E-state index in [1.54, 1.807) is 61.5 Å². The summed E-state index contributed by atoms with van der Waals surface area (Å²) in [7, 11) is 1.31. The van der Waals surface area contributed by atoms with Gasteiger partial charge in [-0.15, -0.1) is 0 Å². The largest absolute Gasteiger partial charge is 0.503 e. The lowest BCUT2D eigenvalue weighted by Crippen LogP contribution is -2.30. The second kappa shape index (κ2) is 7.68. The van der Waals surface area contributed by atoms with Crippen LogP contribution in [0, 0.1) is 6.92 Å². The van der Waals surface area contributed by atoms with Crippen molar-refractivity contribution in [3.8, 4) is 0 Å². The quantitative estimate of drug-likeness (QED) is 0.621. The van der Waals surface area contributed by atoms with Gasteiger partial charge >= 0.3 is 5.97 Å². The Kier molecular flexibility index (Phi) is 5.05. The third-order valence-corrected chi connectivity index (χ3v) is 5.13. The number of anilines is 1. The molecule has 152 valence electrons. The Morgan fingerprint density at radius 3 is 2.40 bits per heavy atom. The van der Waals surface area contributed by atoms with Crippen LogP contribution in [0.3, 0.4) is 0 Å². The van der Waals surface area contributed by atoms with E-state index in [1.165, 1.54) is 12.0 Å². The van der Waals surface area contributed by atoms with Crippen molar-refractivity contribution in [2.45, 2.75) is 13.0 Å². The number of aryl methyl sites for hydroxylation is 1. The number of ether oxygens (including phenoxy) is 1. The molecule has 30 heavy (non-hydrogen) atoms. The van der Waals surface area contributed by atoms with Crippen LogP contribution in [0.1, 0.15) is 33.3 Å². The SMILES string of the molecule is COC(=O)c1ccc(C2C(c3ccc(Cl)cc3)=C(O)C(=O)N2c2cc(C)on2)cc1. The van der Waals surface area contributed by atoms with Crippen LogP contribution >= 0.6 is 11.6 Å². The fraction of sp³-hybridized carbons (Fsp3) is 0.136. The Morgan fingerprint density at radius 1 is 1.17 bits per heavy atom. The first-order chi connectivity index (χ1) is 14.4. The minimum atomic E-state index is -0.685. The Hall–Kier alpha value is -3.58. The van der Waals surface area contributed by atoms with Crippen molar-refractivity contribution in [1.29, 1.82) is 0 Å². The van der Waals surface area contributed by atoms with Gasteiger partial charge in [-0.25, -0.2) is 4.79 Å². The van der Waals surface area contributed by atoms with Crippen molar-refractivity contribution in [2.75, 3.05) is 12.0 Å². The van der Waals surface area contributed by atoms with Crippen LogP contribution in [-0.4, -0.2) is 29.2 Å². The van der Waals surface area contributed by atoms with Gasteiger partial charge in [-0.1, -0.05) is 41.0 Å². The Morgan fingerprint density at radius 2 is 1.83 bits per heavy atom. The summed E-state index contributed by atoms with van der Waals surface area (Å²) in [6, 6.07) is 14.4. The third-order valence-electron chi connectivity index (χ3n) is 4.87. The first kappa shape index (κ1) is 19.7. The van der Waals surface area contributed by atoms with Crippen LogP contribution in [0.2, 0.25) is 5.02 Å². The number of nitrogens with zero attached hydrogens (tertiary/aromatic N) is 2. The van der Waals surface area contributed by atoms with Crippen molar-refractivity contribution in [1.82, 2.24) is 5.16 Å². The molecule has 0 aliphatic carbocycles. The number of rotatable bonds is 4. The maximum atomic E-state index is 13.0. The normalized spacial score (nSPS) is 16.3. The smallest absolute Gasteiger partial charge is 0.337 e. The first-order valence-corrected chi connectivity index (χ1v) is 9.42. The highest BCUT2D eigenvalue weighted by Crippen LogP contribution is 2.45. The molecule has 2 aromatic carbocycles. The molecule has 1 amide bonds. The lowest BCUT2D eigenvalue weighted by atomic mass is 9.93. The lowest BCUT2D eigenvalue weighted by Gasteiger charge is -2.25. The van der Waals surface area contributed by atoms with E-state index >= 15 is 0 Å². The number of carbonyl (C=O) groups excluding carboxylic acids is 2. The molecule has 0 radical (unpaired) electrons. The number of esters is 1. The molecule has 0 spiro atoms. The van der Waals surface area contributed by atoms with Gasteiger partial charge in [-0.2, -0.15) is 0 Å². The van der Waals surface area contributed by atoms with Gasteiger partial charge < -0.3 is 14.4 Å². The maximum Gasteiger partial charge on any atom is 0.337 e. The summed E-state index contributed by atoms with van der Waals surface area (Å²) in [5.41, 5.74) is 2.08. The molecule has 2 heterocycles. The number of aliphatic hydroxyl groups is 1. The van der Waals surface area contributed by atoms with E-state index < -0.39 is 17.9 Å². The molecular weight excluding hydrogens is 408 g/mol. The molecule has 0 fully saturated rings. The molecule has 7 nitrogen and oxygen atoms in total. The highest BCUT2D eigenvalue weighted by molar-refractivity contribution is 6.30. The highest BCUT2D eigenvalue weighted by Gasteiger charge is 2.43. The fourth-order valence-corrected chi connectivity index (χ4v) is 3.59. The average molecular weight is 425 g/mol. The van der Waals surface area contributed by atoms with Crippen LogP contribution in [-0.2, 0) is 9.53 Å². The van der Waals surface area contributed by atoms with Gasteiger partial charge in [0.1, 0.15) is 5.76 Å². The van der Waals surface area contributed by atoms with Gasteiger partial charge in [-0.05, 0) is 42.3 Å². The number of hydrogen-bond acceptors (Lipinski definition) is 6. The topological polar surface area (TPSA) is 92.9 Å². The molecule has 3 aromatic rings. The van der Waals surface area contributed by atoms with Gasteiger partial charge in [0.15, 0.2) is 11.6 Å². The summed E-state index contributed by atoms with van der Waals surface area (Å²) in [6.45, 7) is 1.71. The molecule has 1 aliphatic heterocycles.